The van der Waals surface area contributed by atoms with Gasteiger partial charge >= 0.3 is 5.97 Å². The van der Waals surface area contributed by atoms with Crippen LogP contribution < -0.4 is 10.8 Å². The number of hydrogen-bond acceptors (Lipinski definition) is 6. The van der Waals surface area contributed by atoms with Gasteiger partial charge in [-0.3, -0.25) is 4.90 Å². The lowest BCUT2D eigenvalue weighted by Crippen LogP contribution is -2.38. The van der Waals surface area contributed by atoms with Crippen LogP contribution in [0.1, 0.15) is 35.4 Å². The average Bonchev–Trinajstić information content (AvgIpc) is 2.73. The molecular weight excluding hydrogens is 353 g/mol. The molecule has 8 heteroatoms. The van der Waals surface area contributed by atoms with Crippen LogP contribution in [0.25, 0.3) is 0 Å². The minimum atomic E-state index is -0.952. The Morgan fingerprint density at radius 2 is 1.68 bits per heavy atom. The summed E-state index contributed by atoms with van der Waals surface area (Å²) >= 11 is 0. The summed E-state index contributed by atoms with van der Waals surface area (Å²) in [4.78, 5) is 23.4. The summed E-state index contributed by atoms with van der Waals surface area (Å²) in [6, 6.07) is 3.66. The maximum Gasteiger partial charge on any atom is 0.354 e. The molecule has 2 atom stereocenters. The Morgan fingerprint density at radius 3 is 2.46 bits per heavy atom. The zero-order chi connectivity index (χ0) is 19.8. The van der Waals surface area contributed by atoms with Gasteiger partial charge in [-0.2, -0.15) is 0 Å². The van der Waals surface area contributed by atoms with Crippen LogP contribution in [0.4, 0.5) is 0 Å². The van der Waals surface area contributed by atoms with Crippen molar-refractivity contribution in [1.82, 2.24) is 25.0 Å². The molecule has 2 aliphatic rings. The standard InChI is InChI=1S/C20H34BN5O2/c21-17-14-18(23-19(15-17)20(27)28)16-26-10-3-8-24-7-2-9-25(12-13-26)6-1-4-22-5-11-24/h14-15,22H,1-13,16,21H2,(H,27,28). The normalized spacial score (nSPS) is 25.7. The van der Waals surface area contributed by atoms with Gasteiger partial charge in [0.05, 0.1) is 5.69 Å². The van der Waals surface area contributed by atoms with Gasteiger partial charge in [0.1, 0.15) is 13.5 Å². The minimum Gasteiger partial charge on any atom is -0.477 e. The third kappa shape index (κ3) is 6.85. The third-order valence-corrected chi connectivity index (χ3v) is 5.69. The van der Waals surface area contributed by atoms with Crippen LogP contribution in [0.2, 0.25) is 0 Å². The number of carboxylic acid groups (broad SMARTS) is 1. The number of aromatic carboxylic acids is 1. The summed E-state index contributed by atoms with van der Waals surface area (Å²) in [6.07, 6.45) is 3.57. The summed E-state index contributed by atoms with van der Waals surface area (Å²) in [7, 11) is 1.94. The van der Waals surface area contributed by atoms with E-state index in [0.717, 1.165) is 83.0 Å². The second-order valence-corrected chi connectivity index (χ2v) is 8.10. The Hall–Kier alpha value is -1.48. The summed E-state index contributed by atoms with van der Waals surface area (Å²) in [5.41, 5.74) is 1.97. The lowest BCUT2D eigenvalue weighted by Gasteiger charge is -2.27. The molecule has 28 heavy (non-hydrogen) atoms. The zero-order valence-corrected chi connectivity index (χ0v) is 17.2. The van der Waals surface area contributed by atoms with Gasteiger partial charge in [-0.25, -0.2) is 9.78 Å². The van der Waals surface area contributed by atoms with Crippen molar-refractivity contribution in [2.75, 3.05) is 65.4 Å². The number of aromatic nitrogens is 1. The van der Waals surface area contributed by atoms with Crippen molar-refractivity contribution < 1.29 is 9.90 Å². The maximum atomic E-state index is 11.3. The summed E-state index contributed by atoms with van der Waals surface area (Å²) in [5.74, 6) is -0.952. The van der Waals surface area contributed by atoms with Crippen LogP contribution in [0.5, 0.6) is 0 Å². The van der Waals surface area contributed by atoms with E-state index in [1.807, 2.05) is 13.9 Å². The summed E-state index contributed by atoms with van der Waals surface area (Å²) < 4.78 is 0. The second kappa shape index (κ2) is 10.9. The smallest absolute Gasteiger partial charge is 0.354 e. The van der Waals surface area contributed by atoms with E-state index in [2.05, 4.69) is 25.0 Å². The van der Waals surface area contributed by atoms with Gasteiger partial charge in [0.2, 0.25) is 0 Å². The Bertz CT molecular complexity index is 645. The van der Waals surface area contributed by atoms with Gasteiger partial charge in [0, 0.05) is 32.7 Å². The summed E-state index contributed by atoms with van der Waals surface area (Å²) in [6.45, 7) is 11.7. The molecule has 2 aliphatic heterocycles. The number of pyridine rings is 1. The number of nitrogens with one attached hydrogen (secondary N) is 1. The van der Waals surface area contributed by atoms with Crippen molar-refractivity contribution in [3.8, 4) is 0 Å². The first-order valence-corrected chi connectivity index (χ1v) is 10.7. The number of nitrogens with zero attached hydrogens (tertiary/aromatic N) is 4. The van der Waals surface area contributed by atoms with Crippen molar-refractivity contribution in [3.63, 3.8) is 0 Å². The lowest BCUT2D eigenvalue weighted by atomic mass is 9.95. The van der Waals surface area contributed by atoms with Crippen LogP contribution in [0.15, 0.2) is 12.1 Å². The van der Waals surface area contributed by atoms with Gasteiger partial charge in [0.15, 0.2) is 0 Å². The largest absolute Gasteiger partial charge is 0.477 e. The molecule has 2 fully saturated rings. The van der Waals surface area contributed by atoms with Gasteiger partial charge < -0.3 is 20.2 Å². The van der Waals surface area contributed by atoms with E-state index in [0.29, 0.717) is 0 Å². The molecule has 2 saturated heterocycles. The van der Waals surface area contributed by atoms with E-state index in [4.69, 9.17) is 0 Å². The highest BCUT2D eigenvalue weighted by atomic mass is 16.4. The SMILES string of the molecule is Bc1cc(CN2CCCN3CCCN(CCCNCC3)CC2)nc(C(=O)O)c1. The number of carbonyl (C=O) groups is 1. The number of rotatable bonds is 3. The topological polar surface area (TPSA) is 71.9 Å². The fourth-order valence-corrected chi connectivity index (χ4v) is 4.21. The average molecular weight is 387 g/mol. The fourth-order valence-electron chi connectivity index (χ4n) is 4.21. The van der Waals surface area contributed by atoms with Gasteiger partial charge in [0.25, 0.3) is 0 Å². The molecule has 0 spiro atoms. The van der Waals surface area contributed by atoms with Gasteiger partial charge in [-0.15, -0.1) is 0 Å². The maximum absolute atomic E-state index is 11.3. The molecule has 0 saturated carbocycles. The molecule has 0 amide bonds. The predicted molar refractivity (Wildman–Crippen MR) is 114 cm³/mol. The number of hydrogen-bond donors (Lipinski definition) is 2. The molecule has 1 aromatic rings. The van der Waals surface area contributed by atoms with Crippen molar-refractivity contribution in [1.29, 1.82) is 0 Å². The molecule has 0 radical (unpaired) electrons. The monoisotopic (exact) mass is 387 g/mol. The highest BCUT2D eigenvalue weighted by molar-refractivity contribution is 6.32. The van der Waals surface area contributed by atoms with Crippen LogP contribution in [-0.4, -0.2) is 104 Å². The van der Waals surface area contributed by atoms with Crippen LogP contribution >= 0.6 is 0 Å². The quantitative estimate of drug-likeness (QED) is 0.660. The number of fused-ring (bicyclic) bond motifs is 4. The zero-order valence-electron chi connectivity index (χ0n) is 17.2. The van der Waals surface area contributed by atoms with E-state index in [1.165, 1.54) is 19.4 Å². The van der Waals surface area contributed by atoms with Gasteiger partial charge in [-0.1, -0.05) is 5.46 Å². The molecule has 0 aliphatic carbocycles. The van der Waals surface area contributed by atoms with Crippen LogP contribution in [-0.2, 0) is 6.54 Å². The van der Waals surface area contributed by atoms with E-state index >= 15 is 0 Å². The molecule has 2 N–H and O–H groups in total. The Kier molecular flexibility index (Phi) is 8.27. The van der Waals surface area contributed by atoms with E-state index in [1.54, 1.807) is 6.07 Å². The molecule has 1 aromatic heterocycles. The molecule has 0 aromatic carbocycles. The Balaban J connectivity index is 1.69. The first-order valence-electron chi connectivity index (χ1n) is 10.7. The summed E-state index contributed by atoms with van der Waals surface area (Å²) in [5, 5.41) is 12.9. The molecule has 7 nitrogen and oxygen atoms in total. The highest BCUT2D eigenvalue weighted by Crippen LogP contribution is 2.08. The van der Waals surface area contributed by atoms with E-state index in [-0.39, 0.29) is 5.69 Å². The van der Waals surface area contributed by atoms with Crippen molar-refractivity contribution in [3.05, 3.63) is 23.5 Å². The predicted octanol–water partition coefficient (Wildman–Crippen LogP) is -0.769. The Morgan fingerprint density at radius 1 is 0.964 bits per heavy atom. The van der Waals surface area contributed by atoms with Crippen molar-refractivity contribution in [2.24, 2.45) is 0 Å². The van der Waals surface area contributed by atoms with E-state index in [9.17, 15) is 9.90 Å². The first kappa shape index (κ1) is 21.2. The van der Waals surface area contributed by atoms with Crippen LogP contribution in [0.3, 0.4) is 0 Å². The molecule has 3 rings (SSSR count). The molecule has 154 valence electrons. The minimum absolute atomic E-state index is 0.148. The van der Waals surface area contributed by atoms with E-state index < -0.39 is 5.97 Å². The fraction of sp³-hybridized carbons (Fsp3) is 0.700. The Labute approximate surface area is 169 Å². The molecule has 2 unspecified atom stereocenters. The van der Waals surface area contributed by atoms with Crippen molar-refractivity contribution in [2.45, 2.75) is 25.8 Å². The molecular formula is C20H34BN5O2. The lowest BCUT2D eigenvalue weighted by molar-refractivity contribution is 0.0690. The first-order chi connectivity index (χ1) is 13.6. The molecule has 2 bridgehead atoms. The number of carboxylic acids is 1. The second-order valence-electron chi connectivity index (χ2n) is 8.10. The molecule has 3 heterocycles. The van der Waals surface area contributed by atoms with Gasteiger partial charge in [-0.05, 0) is 70.7 Å². The highest BCUT2D eigenvalue weighted by Gasteiger charge is 2.16. The van der Waals surface area contributed by atoms with Crippen LogP contribution in [0, 0.1) is 0 Å². The third-order valence-electron chi connectivity index (χ3n) is 5.69. The van der Waals surface area contributed by atoms with Crippen molar-refractivity contribution >= 4 is 19.3 Å².